The number of nitrogen functional groups attached to an aromatic ring is 1. The van der Waals surface area contributed by atoms with Crippen molar-refractivity contribution in [3.8, 4) is 0 Å². The van der Waals surface area contributed by atoms with E-state index < -0.39 is 29.6 Å². The third kappa shape index (κ3) is 7.27. The third-order valence-electron chi connectivity index (χ3n) is 8.64. The van der Waals surface area contributed by atoms with Gasteiger partial charge in [-0.25, -0.2) is 4.79 Å². The van der Waals surface area contributed by atoms with E-state index in [0.29, 0.717) is 22.6 Å². The molecule has 1 aliphatic rings. The highest BCUT2D eigenvalue weighted by Crippen LogP contribution is 2.37. The molecule has 4 aromatic rings. The predicted octanol–water partition coefficient (Wildman–Crippen LogP) is 5.91. The molecule has 48 heavy (non-hydrogen) atoms. The molecule has 10 nitrogen and oxygen atoms in total. The minimum absolute atomic E-state index is 0.0145. The Morgan fingerprint density at radius 1 is 0.958 bits per heavy atom. The summed E-state index contributed by atoms with van der Waals surface area (Å²) in [7, 11) is 1.49. The number of rotatable bonds is 7. The molecule has 1 aliphatic heterocycles. The average Bonchev–Trinajstić information content (AvgIpc) is 3.17. The van der Waals surface area contributed by atoms with Gasteiger partial charge in [-0.15, -0.1) is 0 Å². The first-order chi connectivity index (χ1) is 22.7. The first-order valence-corrected chi connectivity index (χ1v) is 16.0. The van der Waals surface area contributed by atoms with Crippen LogP contribution < -0.4 is 20.9 Å². The van der Waals surface area contributed by atoms with Crippen molar-refractivity contribution in [2.24, 2.45) is 5.92 Å². The van der Waals surface area contributed by atoms with Gasteiger partial charge in [-0.05, 0) is 92.9 Å². The molecular formula is C38H43N5O5. The van der Waals surface area contributed by atoms with E-state index in [4.69, 9.17) is 10.5 Å². The van der Waals surface area contributed by atoms with Crippen LogP contribution in [0.2, 0.25) is 0 Å². The average molecular weight is 650 g/mol. The van der Waals surface area contributed by atoms with E-state index in [1.165, 1.54) is 11.9 Å². The Bertz CT molecular complexity index is 1850. The van der Waals surface area contributed by atoms with Gasteiger partial charge >= 0.3 is 6.09 Å². The molecule has 250 valence electrons. The number of hydrogen-bond donors (Lipinski definition) is 2. The van der Waals surface area contributed by atoms with E-state index in [2.05, 4.69) is 11.4 Å². The number of para-hydroxylation sites is 2. The molecule has 3 N–H and O–H groups in total. The molecule has 1 heterocycles. The molecule has 10 heteroatoms. The largest absolute Gasteiger partial charge is 0.444 e. The van der Waals surface area contributed by atoms with Gasteiger partial charge in [0, 0.05) is 31.4 Å². The molecule has 0 fully saturated rings. The number of nitrogens with two attached hydrogens (primary N) is 1. The molecule has 4 amide bonds. The second kappa shape index (κ2) is 13.8. The quantitative estimate of drug-likeness (QED) is 0.240. The Labute approximate surface area is 281 Å². The number of ether oxygens (including phenoxy) is 1. The zero-order valence-corrected chi connectivity index (χ0v) is 28.3. The fourth-order valence-corrected chi connectivity index (χ4v) is 5.80. The lowest BCUT2D eigenvalue weighted by Gasteiger charge is -2.29. The van der Waals surface area contributed by atoms with Gasteiger partial charge in [0.25, 0.3) is 5.91 Å². The van der Waals surface area contributed by atoms with Gasteiger partial charge in [0.2, 0.25) is 11.8 Å². The normalized spacial score (nSPS) is 15.4. The van der Waals surface area contributed by atoms with Crippen LogP contribution in [0.5, 0.6) is 0 Å². The van der Waals surface area contributed by atoms with Crippen molar-refractivity contribution >= 4 is 51.6 Å². The van der Waals surface area contributed by atoms with Crippen LogP contribution in [0.1, 0.15) is 49.2 Å². The van der Waals surface area contributed by atoms with E-state index in [-0.39, 0.29) is 31.4 Å². The summed E-state index contributed by atoms with van der Waals surface area (Å²) in [5.74, 6) is -1.80. The Balaban J connectivity index is 1.51. The Morgan fingerprint density at radius 2 is 1.60 bits per heavy atom. The van der Waals surface area contributed by atoms with Crippen molar-refractivity contribution in [2.45, 2.75) is 52.8 Å². The van der Waals surface area contributed by atoms with Gasteiger partial charge in [-0.2, -0.15) is 0 Å². The highest BCUT2D eigenvalue weighted by atomic mass is 16.6. The summed E-state index contributed by atoms with van der Waals surface area (Å²) < 4.78 is 5.43. The summed E-state index contributed by atoms with van der Waals surface area (Å²) in [4.78, 5) is 59.3. The summed E-state index contributed by atoms with van der Waals surface area (Å²) in [6.45, 7) is 9.08. The number of carbonyl (C=O) groups excluding carboxylic acids is 4. The number of fused-ring (bicyclic) bond motifs is 2. The second-order valence-electron chi connectivity index (χ2n) is 13.2. The zero-order chi connectivity index (χ0) is 34.7. The maximum absolute atomic E-state index is 14.6. The Kier molecular flexibility index (Phi) is 9.74. The van der Waals surface area contributed by atoms with Gasteiger partial charge < -0.3 is 25.6 Å². The minimum atomic E-state index is -0.875. The van der Waals surface area contributed by atoms with E-state index in [1.54, 1.807) is 61.8 Å². The number of anilines is 3. The van der Waals surface area contributed by atoms with Crippen molar-refractivity contribution in [1.29, 1.82) is 0 Å². The maximum Gasteiger partial charge on any atom is 0.410 e. The van der Waals surface area contributed by atoms with Crippen LogP contribution in [0, 0.1) is 12.8 Å². The monoisotopic (exact) mass is 649 g/mol. The van der Waals surface area contributed by atoms with E-state index in [9.17, 15) is 19.2 Å². The number of carbonyl (C=O) groups is 4. The summed E-state index contributed by atoms with van der Waals surface area (Å²) in [6, 6.07) is 25.3. The molecule has 0 spiro atoms. The van der Waals surface area contributed by atoms with Gasteiger partial charge in [0.05, 0.1) is 23.8 Å². The number of benzene rings is 4. The molecule has 1 unspecified atom stereocenters. The molecule has 0 bridgehead atoms. The molecule has 0 radical (unpaired) electrons. The lowest BCUT2D eigenvalue weighted by atomic mass is 9.98. The number of nitrogens with zero attached hydrogens (tertiary/aromatic N) is 3. The molecule has 0 saturated heterocycles. The lowest BCUT2D eigenvalue weighted by Crippen LogP contribution is -2.50. The van der Waals surface area contributed by atoms with Crippen LogP contribution in [-0.2, 0) is 20.9 Å². The van der Waals surface area contributed by atoms with Crippen LogP contribution in [-0.4, -0.2) is 60.5 Å². The Morgan fingerprint density at radius 3 is 2.29 bits per heavy atom. The number of amides is 4. The topological polar surface area (TPSA) is 125 Å². The molecule has 0 aliphatic carbocycles. The van der Waals surface area contributed by atoms with E-state index in [1.807, 2.05) is 61.5 Å². The highest BCUT2D eigenvalue weighted by Gasteiger charge is 2.37. The molecule has 5 rings (SSSR count). The fraction of sp³-hybridized carbons (Fsp3) is 0.316. The Hall–Kier alpha value is -5.38. The first-order valence-electron chi connectivity index (χ1n) is 16.0. The first kappa shape index (κ1) is 34.0. The van der Waals surface area contributed by atoms with Crippen molar-refractivity contribution < 1.29 is 23.9 Å². The molecule has 0 aromatic heterocycles. The maximum atomic E-state index is 14.6. The van der Waals surface area contributed by atoms with Crippen LogP contribution in [0.25, 0.3) is 10.8 Å². The van der Waals surface area contributed by atoms with Crippen LogP contribution >= 0.6 is 0 Å². The van der Waals surface area contributed by atoms with Gasteiger partial charge in [0.1, 0.15) is 11.6 Å². The highest BCUT2D eigenvalue weighted by molar-refractivity contribution is 6.12. The molecular weight excluding hydrogens is 606 g/mol. The van der Waals surface area contributed by atoms with E-state index >= 15 is 0 Å². The fourth-order valence-electron chi connectivity index (χ4n) is 5.80. The van der Waals surface area contributed by atoms with Crippen molar-refractivity contribution in [1.82, 2.24) is 10.2 Å². The molecule has 0 saturated carbocycles. The smallest absolute Gasteiger partial charge is 0.410 e. The standard InChI is InChI=1S/C38H43N5O5/c1-24-15-16-26-11-7-8-12-30(26)31(24)23-43-33-14-10-9-13-32(33)42(35(45)27-17-19-29(39)20-18-27)22-28(36(43)46)21-40-34(44)25(2)41(6)37(47)48-38(3,4)5/h7-20,25,28H,21-23,39H2,1-6H3,(H,40,44)/t25-,28?/m0/s1. The van der Waals surface area contributed by atoms with Crippen LogP contribution in [0.15, 0.2) is 84.9 Å². The van der Waals surface area contributed by atoms with Gasteiger partial charge in [-0.1, -0.05) is 48.5 Å². The van der Waals surface area contributed by atoms with Gasteiger partial charge in [-0.3, -0.25) is 19.3 Å². The lowest BCUT2D eigenvalue weighted by molar-refractivity contribution is -0.126. The minimum Gasteiger partial charge on any atom is -0.444 e. The summed E-state index contributed by atoms with van der Waals surface area (Å²) in [6.07, 6.45) is -0.636. The van der Waals surface area contributed by atoms with Crippen molar-refractivity contribution in [2.75, 3.05) is 35.7 Å². The van der Waals surface area contributed by atoms with E-state index in [0.717, 1.165) is 21.9 Å². The number of hydrogen-bond acceptors (Lipinski definition) is 6. The predicted molar refractivity (Wildman–Crippen MR) is 189 cm³/mol. The summed E-state index contributed by atoms with van der Waals surface area (Å²) in [5.41, 5.74) is 9.31. The molecule has 4 aromatic carbocycles. The van der Waals surface area contributed by atoms with Crippen molar-refractivity contribution in [3.63, 3.8) is 0 Å². The number of nitrogens with one attached hydrogen (secondary N) is 1. The zero-order valence-electron chi connectivity index (χ0n) is 28.3. The van der Waals surface area contributed by atoms with Crippen LogP contribution in [0.4, 0.5) is 21.9 Å². The van der Waals surface area contributed by atoms with Crippen molar-refractivity contribution in [3.05, 3.63) is 102 Å². The second-order valence-corrected chi connectivity index (χ2v) is 13.2. The van der Waals surface area contributed by atoms with Gasteiger partial charge in [0.15, 0.2) is 0 Å². The SMILES string of the molecule is Cc1ccc2ccccc2c1CN1C(=O)C(CNC(=O)[C@H](C)N(C)C(=O)OC(C)(C)C)CN(C(=O)c2ccc(N)cc2)c2ccccc21. The molecule has 2 atom stereocenters. The third-order valence-corrected chi connectivity index (χ3v) is 8.64. The summed E-state index contributed by atoms with van der Waals surface area (Å²) >= 11 is 0. The van der Waals surface area contributed by atoms with Crippen LogP contribution in [0.3, 0.4) is 0 Å². The number of aryl methyl sites for hydroxylation is 1. The number of likely N-dealkylation sites (N-methyl/N-ethyl adjacent to an activating group) is 1. The summed E-state index contributed by atoms with van der Waals surface area (Å²) in [5, 5.41) is 4.97.